The molecule has 0 spiro atoms. The number of carboxylic acid groups (broad SMARTS) is 2. The molecule has 100 valence electrons. The second-order valence-electron chi connectivity index (χ2n) is 6.28. The normalized spacial score (nSPS) is 15.5. The first kappa shape index (κ1) is 16.9. The van der Waals surface area contributed by atoms with Crippen LogP contribution in [0.5, 0.6) is 0 Å². The summed E-state index contributed by atoms with van der Waals surface area (Å²) in [4.78, 5) is 21.6. The maximum absolute atomic E-state index is 11.7. The first-order chi connectivity index (χ1) is 7.30. The predicted molar refractivity (Wildman–Crippen MR) is 72.1 cm³/mol. The summed E-state index contributed by atoms with van der Waals surface area (Å²) in [5.74, 6) is -2.64. The summed E-state index contributed by atoms with van der Waals surface area (Å²) in [6, 6.07) is 0. The van der Waals surface area contributed by atoms with Crippen molar-refractivity contribution in [3.05, 3.63) is 0 Å². The third-order valence-corrected chi connectivity index (χ3v) is 15.4. The van der Waals surface area contributed by atoms with Crippen molar-refractivity contribution in [3.63, 3.8) is 0 Å². The molecule has 0 N–H and O–H groups in total. The number of aliphatic carboxylic acids is 2. The summed E-state index contributed by atoms with van der Waals surface area (Å²) >= 11 is 3.02. The van der Waals surface area contributed by atoms with E-state index in [9.17, 15) is 19.8 Å². The van der Waals surface area contributed by atoms with E-state index in [-0.39, 0.29) is 0 Å². The highest BCUT2D eigenvalue weighted by Gasteiger charge is 2.58. The van der Waals surface area contributed by atoms with Crippen molar-refractivity contribution < 1.29 is 19.8 Å². The van der Waals surface area contributed by atoms with Gasteiger partial charge in [0, 0.05) is 10.6 Å². The molecule has 0 heterocycles. The quantitative estimate of drug-likeness (QED) is 0.530. The van der Waals surface area contributed by atoms with Crippen molar-refractivity contribution in [2.24, 2.45) is 0 Å². The molecule has 0 aromatic rings. The van der Waals surface area contributed by atoms with Crippen LogP contribution in [0.3, 0.4) is 0 Å². The topological polar surface area (TPSA) is 80.3 Å². The fraction of sp³-hybridized carbons (Fsp3) is 0.800. The van der Waals surface area contributed by atoms with E-state index >= 15 is 0 Å². The zero-order chi connectivity index (χ0) is 14.2. The van der Waals surface area contributed by atoms with Crippen LogP contribution in [0, 0.1) is 0 Å². The zero-order valence-electron chi connectivity index (χ0n) is 11.1. The Hall–Kier alpha value is -0.146. The van der Waals surface area contributed by atoms with E-state index in [1.807, 2.05) is 39.3 Å². The van der Waals surface area contributed by atoms with Crippen LogP contribution in [0.4, 0.5) is 0 Å². The Morgan fingerprint density at radius 3 is 1.35 bits per heavy atom. The third kappa shape index (κ3) is 2.65. The molecule has 0 radical (unpaired) electrons. The van der Waals surface area contributed by atoms with Gasteiger partial charge in [0.15, 0.2) is 0 Å². The lowest BCUT2D eigenvalue weighted by atomic mass is 10.3. The summed E-state index contributed by atoms with van der Waals surface area (Å²) < 4.78 is -1.31. The lowest BCUT2D eigenvalue weighted by Gasteiger charge is -2.55. The van der Waals surface area contributed by atoms with E-state index in [2.05, 4.69) is 15.9 Å². The highest BCUT2D eigenvalue weighted by atomic mass is 79.9. The molecule has 0 aliphatic heterocycles. The number of alkyl halides is 1. The van der Waals surface area contributed by atoms with Crippen LogP contribution in [-0.2, 0) is 9.59 Å². The standard InChI is InChI=1S/C10H21BrO4Si2/c1-16(2,3)10(9(14)15,17(4,5)6)7(11)8(12)13/h7H,1-6H3,(H,12,13)(H,14,15)/p-2. The fourth-order valence-electron chi connectivity index (χ4n) is 2.78. The molecular formula is C10H19BrO4Si2-2. The van der Waals surface area contributed by atoms with Gasteiger partial charge >= 0.3 is 0 Å². The third-order valence-electron chi connectivity index (χ3n) is 3.28. The minimum absolute atomic E-state index is 1.20. The van der Waals surface area contributed by atoms with Crippen LogP contribution in [-0.4, -0.2) is 32.9 Å². The van der Waals surface area contributed by atoms with Gasteiger partial charge in [-0.3, -0.25) is 0 Å². The van der Waals surface area contributed by atoms with Gasteiger partial charge in [0.25, 0.3) is 0 Å². The molecule has 0 aromatic heterocycles. The van der Waals surface area contributed by atoms with E-state index in [0.717, 1.165) is 0 Å². The Morgan fingerprint density at radius 1 is 1.00 bits per heavy atom. The number of carbonyl (C=O) groups is 2. The number of hydrogen-bond acceptors (Lipinski definition) is 4. The molecule has 0 aliphatic rings. The Kier molecular flexibility index (Phi) is 4.81. The van der Waals surface area contributed by atoms with Gasteiger partial charge in [-0.05, 0) is 0 Å². The van der Waals surface area contributed by atoms with E-state index < -0.39 is 37.6 Å². The molecular weight excluding hydrogens is 320 g/mol. The summed E-state index contributed by atoms with van der Waals surface area (Å²) in [5, 5.41) is 22.8. The highest BCUT2D eigenvalue weighted by molar-refractivity contribution is 9.10. The molecule has 17 heavy (non-hydrogen) atoms. The van der Waals surface area contributed by atoms with Crippen molar-refractivity contribution in [3.8, 4) is 0 Å². The SMILES string of the molecule is C[Si](C)(C)C(C(=O)[O-])(C(Br)C(=O)[O-])[Si](C)(C)C. The largest absolute Gasteiger partial charge is 0.550 e. The molecule has 0 bridgehead atoms. The van der Waals surface area contributed by atoms with Gasteiger partial charge in [-0.1, -0.05) is 55.2 Å². The Balaban J connectivity index is 6.15. The van der Waals surface area contributed by atoms with E-state index in [4.69, 9.17) is 0 Å². The maximum Gasteiger partial charge on any atom is 0.0601 e. The number of halogens is 1. The minimum Gasteiger partial charge on any atom is -0.550 e. The van der Waals surface area contributed by atoms with Crippen molar-refractivity contribution >= 4 is 44.0 Å². The fourth-order valence-corrected chi connectivity index (χ4v) is 19.1. The van der Waals surface area contributed by atoms with Crippen molar-refractivity contribution in [2.45, 2.75) is 48.8 Å². The monoisotopic (exact) mass is 338 g/mol. The summed E-state index contributed by atoms with van der Waals surface area (Å²) in [5.41, 5.74) is 0. The summed E-state index contributed by atoms with van der Waals surface area (Å²) in [6.45, 7) is 11.2. The van der Waals surface area contributed by atoms with Crippen LogP contribution < -0.4 is 10.2 Å². The molecule has 0 amide bonds. The molecule has 0 aliphatic carbocycles. The van der Waals surface area contributed by atoms with E-state index in [1.165, 1.54) is 0 Å². The first-order valence-electron chi connectivity index (χ1n) is 5.36. The van der Waals surface area contributed by atoms with Gasteiger partial charge in [0.1, 0.15) is 0 Å². The number of carboxylic acids is 2. The predicted octanol–water partition coefficient (Wildman–Crippen LogP) is 0.206. The molecule has 0 rings (SSSR count). The summed E-state index contributed by atoms with van der Waals surface area (Å²) in [7, 11) is -4.66. The van der Waals surface area contributed by atoms with Gasteiger partial charge in [-0.2, -0.15) is 0 Å². The first-order valence-corrected chi connectivity index (χ1v) is 13.3. The average Bonchev–Trinajstić information content (AvgIpc) is 1.97. The second kappa shape index (κ2) is 4.85. The van der Waals surface area contributed by atoms with E-state index in [0.29, 0.717) is 0 Å². The Morgan fingerprint density at radius 2 is 1.29 bits per heavy atom. The smallest absolute Gasteiger partial charge is 0.0601 e. The molecule has 1 unspecified atom stereocenters. The van der Waals surface area contributed by atoms with Crippen LogP contribution in [0.15, 0.2) is 0 Å². The zero-order valence-corrected chi connectivity index (χ0v) is 14.7. The Labute approximate surface area is 113 Å². The molecule has 0 fully saturated rings. The van der Waals surface area contributed by atoms with Crippen molar-refractivity contribution in [1.82, 2.24) is 0 Å². The lowest BCUT2D eigenvalue weighted by molar-refractivity contribution is -0.316. The van der Waals surface area contributed by atoms with Gasteiger partial charge in [-0.15, -0.1) is 0 Å². The van der Waals surface area contributed by atoms with Gasteiger partial charge in [-0.25, -0.2) is 0 Å². The molecule has 1 atom stereocenters. The van der Waals surface area contributed by atoms with Crippen molar-refractivity contribution in [1.29, 1.82) is 0 Å². The van der Waals surface area contributed by atoms with Gasteiger partial charge < -0.3 is 19.8 Å². The second-order valence-corrected chi connectivity index (χ2v) is 18.3. The van der Waals surface area contributed by atoms with E-state index in [1.54, 1.807) is 0 Å². The van der Waals surface area contributed by atoms with Gasteiger partial charge in [0.05, 0.1) is 26.9 Å². The number of rotatable bonds is 5. The van der Waals surface area contributed by atoms with Crippen molar-refractivity contribution in [2.75, 3.05) is 0 Å². The Bertz CT molecular complexity index is 316. The van der Waals surface area contributed by atoms with Crippen LogP contribution in [0.25, 0.3) is 0 Å². The minimum atomic E-state index is -2.33. The molecule has 0 saturated carbocycles. The lowest BCUT2D eigenvalue weighted by Crippen LogP contribution is -2.69. The van der Waals surface area contributed by atoms with Crippen LogP contribution in [0.2, 0.25) is 43.9 Å². The molecule has 7 heteroatoms. The highest BCUT2D eigenvalue weighted by Crippen LogP contribution is 2.51. The number of carbonyl (C=O) groups excluding carboxylic acids is 2. The summed E-state index contributed by atoms with van der Waals surface area (Å²) in [6.07, 6.45) is 0. The molecule has 4 nitrogen and oxygen atoms in total. The van der Waals surface area contributed by atoms with Crippen LogP contribution >= 0.6 is 15.9 Å². The van der Waals surface area contributed by atoms with Crippen LogP contribution in [0.1, 0.15) is 0 Å². The average molecular weight is 339 g/mol. The molecule has 0 aromatic carbocycles. The molecule has 0 saturated heterocycles. The number of hydrogen-bond donors (Lipinski definition) is 0. The maximum atomic E-state index is 11.7. The van der Waals surface area contributed by atoms with Gasteiger partial charge in [0.2, 0.25) is 0 Å².